The van der Waals surface area contributed by atoms with Crippen LogP contribution in [0.15, 0.2) is 54.6 Å². The van der Waals surface area contributed by atoms with Crippen LogP contribution in [0.1, 0.15) is 53.0 Å². The first-order valence-electron chi connectivity index (χ1n) is 11.7. The van der Waals surface area contributed by atoms with Gasteiger partial charge in [-0.05, 0) is 86.7 Å². The summed E-state index contributed by atoms with van der Waals surface area (Å²) in [4.78, 5) is 27.4. The molecule has 1 aliphatic rings. The highest BCUT2D eigenvalue weighted by molar-refractivity contribution is 6.34. The molecule has 1 heterocycles. The minimum absolute atomic E-state index is 0.0770. The number of aliphatic hydroxyl groups is 1. The number of carbonyl (C=O) groups is 2. The van der Waals surface area contributed by atoms with Crippen LogP contribution in [0.2, 0.25) is 10.0 Å². The molecule has 0 radical (unpaired) electrons. The third-order valence-corrected chi connectivity index (χ3v) is 6.83. The van der Waals surface area contributed by atoms with Crippen LogP contribution in [0.5, 0.6) is 0 Å². The van der Waals surface area contributed by atoms with E-state index in [0.29, 0.717) is 47.8 Å². The Morgan fingerprint density at radius 3 is 2.58 bits per heavy atom. The molecule has 2 N–H and O–H groups in total. The lowest BCUT2D eigenvalue weighted by molar-refractivity contribution is 0.0692. The summed E-state index contributed by atoms with van der Waals surface area (Å²) in [5, 5.41) is 13.2. The fourth-order valence-electron chi connectivity index (χ4n) is 4.28. The highest BCUT2D eigenvalue weighted by Gasteiger charge is 2.27. The molecule has 0 aliphatic carbocycles. The van der Waals surface area contributed by atoms with Gasteiger partial charge in [-0.3, -0.25) is 9.59 Å². The second-order valence-corrected chi connectivity index (χ2v) is 10.3. The molecule has 0 saturated carbocycles. The molecule has 5 nitrogen and oxygen atoms in total. The fraction of sp³-hybridized carbons (Fsp3) is 0.286. The number of nitrogens with zero attached hydrogens (tertiary/aromatic N) is 1. The van der Waals surface area contributed by atoms with Crippen LogP contribution in [0.3, 0.4) is 0 Å². The fourth-order valence-corrected chi connectivity index (χ4v) is 4.75. The van der Waals surface area contributed by atoms with E-state index in [-0.39, 0.29) is 16.5 Å². The molecule has 0 bridgehead atoms. The first kappa shape index (κ1) is 26.1. The number of carbonyl (C=O) groups excluding carboxylic acids is 2. The predicted molar refractivity (Wildman–Crippen MR) is 142 cm³/mol. The standard InChI is InChI=1S/C28H27Cl2FN2O3/c1-28(2,36)12-13-32-26(34)19-8-10-21(29)20(16-19)17-9-11-24-18(15-17)5-4-14-33(24)27(35)25-22(30)6-3-7-23(25)31/h3,6-11,15-16,36H,4-5,12-14H2,1-2H3,(H,32,34). The van der Waals surface area contributed by atoms with E-state index in [4.69, 9.17) is 23.2 Å². The van der Waals surface area contributed by atoms with Crippen molar-refractivity contribution in [2.24, 2.45) is 0 Å². The summed E-state index contributed by atoms with van der Waals surface area (Å²) < 4.78 is 14.4. The molecule has 0 aromatic heterocycles. The number of amides is 2. The molecule has 8 heteroatoms. The van der Waals surface area contributed by atoms with Gasteiger partial charge in [0.25, 0.3) is 11.8 Å². The van der Waals surface area contributed by atoms with E-state index in [1.54, 1.807) is 36.9 Å². The first-order chi connectivity index (χ1) is 17.0. The number of fused-ring (bicyclic) bond motifs is 1. The van der Waals surface area contributed by atoms with Crippen molar-refractivity contribution in [2.45, 2.75) is 38.7 Å². The molecule has 0 atom stereocenters. The molecule has 3 aromatic carbocycles. The van der Waals surface area contributed by atoms with Crippen LogP contribution in [-0.4, -0.2) is 35.6 Å². The minimum Gasteiger partial charge on any atom is -0.390 e. The first-order valence-corrected chi connectivity index (χ1v) is 12.5. The number of halogens is 3. The molecular weight excluding hydrogens is 502 g/mol. The maximum Gasteiger partial charge on any atom is 0.262 e. The molecule has 3 aromatic rings. The van der Waals surface area contributed by atoms with Gasteiger partial charge in [0.15, 0.2) is 0 Å². The lowest BCUT2D eigenvalue weighted by atomic mass is 9.94. The summed E-state index contributed by atoms with van der Waals surface area (Å²) >= 11 is 12.6. The summed E-state index contributed by atoms with van der Waals surface area (Å²) in [7, 11) is 0. The summed E-state index contributed by atoms with van der Waals surface area (Å²) in [5.74, 6) is -1.39. The van der Waals surface area contributed by atoms with Crippen molar-refractivity contribution in [3.8, 4) is 11.1 Å². The molecule has 0 unspecified atom stereocenters. The zero-order chi connectivity index (χ0) is 26.0. The van der Waals surface area contributed by atoms with E-state index in [9.17, 15) is 19.1 Å². The molecule has 0 fully saturated rings. The van der Waals surface area contributed by atoms with Gasteiger partial charge in [0.1, 0.15) is 5.82 Å². The number of anilines is 1. The Balaban J connectivity index is 1.61. The molecule has 0 saturated heterocycles. The highest BCUT2D eigenvalue weighted by atomic mass is 35.5. The van der Waals surface area contributed by atoms with E-state index >= 15 is 0 Å². The second-order valence-electron chi connectivity index (χ2n) is 9.51. The normalized spacial score (nSPS) is 13.3. The van der Waals surface area contributed by atoms with Crippen LogP contribution < -0.4 is 10.2 Å². The predicted octanol–water partition coefficient (Wildman–Crippen LogP) is 6.28. The Morgan fingerprint density at radius 2 is 1.86 bits per heavy atom. The van der Waals surface area contributed by atoms with E-state index < -0.39 is 17.3 Å². The van der Waals surface area contributed by atoms with Gasteiger partial charge in [0.05, 0.1) is 16.2 Å². The van der Waals surface area contributed by atoms with Gasteiger partial charge in [-0.15, -0.1) is 0 Å². The molecule has 2 amide bonds. The van der Waals surface area contributed by atoms with Crippen molar-refractivity contribution in [1.29, 1.82) is 0 Å². The van der Waals surface area contributed by atoms with E-state index in [1.807, 2.05) is 18.2 Å². The molecule has 4 rings (SSSR count). The topological polar surface area (TPSA) is 69.6 Å². The third kappa shape index (κ3) is 5.72. The maximum absolute atomic E-state index is 14.4. The van der Waals surface area contributed by atoms with Gasteiger partial charge in [0, 0.05) is 34.9 Å². The molecule has 36 heavy (non-hydrogen) atoms. The summed E-state index contributed by atoms with van der Waals surface area (Å²) in [5.41, 5.74) is 2.57. The Kier molecular flexibility index (Phi) is 7.69. The number of aryl methyl sites for hydroxylation is 1. The average molecular weight is 529 g/mol. The Morgan fingerprint density at radius 1 is 1.08 bits per heavy atom. The van der Waals surface area contributed by atoms with Gasteiger partial charge in [-0.1, -0.05) is 35.3 Å². The van der Waals surface area contributed by atoms with E-state index in [2.05, 4.69) is 5.32 Å². The minimum atomic E-state index is -0.867. The van der Waals surface area contributed by atoms with Crippen molar-refractivity contribution in [2.75, 3.05) is 18.0 Å². The lowest BCUT2D eigenvalue weighted by Gasteiger charge is -2.30. The van der Waals surface area contributed by atoms with E-state index in [1.165, 1.54) is 18.2 Å². The van der Waals surface area contributed by atoms with E-state index in [0.717, 1.165) is 17.5 Å². The van der Waals surface area contributed by atoms with Crippen molar-refractivity contribution in [3.05, 3.63) is 87.2 Å². The molecule has 188 valence electrons. The summed E-state index contributed by atoms with van der Waals surface area (Å²) in [6.07, 6.45) is 1.88. The average Bonchev–Trinajstić information content (AvgIpc) is 2.82. The largest absolute Gasteiger partial charge is 0.390 e. The van der Waals surface area contributed by atoms with Crippen molar-refractivity contribution >= 4 is 40.7 Å². The Hall–Kier alpha value is -2.93. The molecule has 1 aliphatic heterocycles. The lowest BCUT2D eigenvalue weighted by Crippen LogP contribution is -2.36. The maximum atomic E-state index is 14.4. The number of rotatable bonds is 6. The van der Waals surface area contributed by atoms with Gasteiger partial charge < -0.3 is 15.3 Å². The van der Waals surface area contributed by atoms with Crippen LogP contribution in [0, 0.1) is 5.82 Å². The SMILES string of the molecule is CC(C)(O)CCNC(=O)c1ccc(Cl)c(-c2ccc3c(c2)CCCN3C(=O)c2c(F)cccc2Cl)c1. The zero-order valence-corrected chi connectivity index (χ0v) is 21.6. The van der Waals surface area contributed by atoms with Gasteiger partial charge in [-0.2, -0.15) is 0 Å². The smallest absolute Gasteiger partial charge is 0.262 e. The number of hydrogen-bond donors (Lipinski definition) is 2. The molecular formula is C28H27Cl2FN2O3. The van der Waals surface area contributed by atoms with Gasteiger partial charge in [-0.25, -0.2) is 4.39 Å². The van der Waals surface area contributed by atoms with Crippen LogP contribution in [0.4, 0.5) is 10.1 Å². The third-order valence-electron chi connectivity index (χ3n) is 6.18. The quantitative estimate of drug-likeness (QED) is 0.395. The van der Waals surface area contributed by atoms with Crippen LogP contribution in [-0.2, 0) is 6.42 Å². The van der Waals surface area contributed by atoms with Crippen LogP contribution in [0.25, 0.3) is 11.1 Å². The van der Waals surface area contributed by atoms with Gasteiger partial charge in [0.2, 0.25) is 0 Å². The number of hydrogen-bond acceptors (Lipinski definition) is 3. The van der Waals surface area contributed by atoms with Gasteiger partial charge >= 0.3 is 0 Å². The van der Waals surface area contributed by atoms with Crippen molar-refractivity contribution in [1.82, 2.24) is 5.32 Å². The Labute approximate surface area is 219 Å². The van der Waals surface area contributed by atoms with Crippen molar-refractivity contribution < 1.29 is 19.1 Å². The van der Waals surface area contributed by atoms with Crippen molar-refractivity contribution in [3.63, 3.8) is 0 Å². The monoisotopic (exact) mass is 528 g/mol. The summed E-state index contributed by atoms with van der Waals surface area (Å²) in [6, 6.07) is 14.9. The number of nitrogens with one attached hydrogen (secondary N) is 1. The van der Waals surface area contributed by atoms with Crippen LogP contribution >= 0.6 is 23.2 Å². The molecule has 0 spiro atoms. The highest BCUT2D eigenvalue weighted by Crippen LogP contribution is 2.36. The zero-order valence-electron chi connectivity index (χ0n) is 20.1. The second kappa shape index (κ2) is 10.6. The number of benzene rings is 3. The Bertz CT molecular complexity index is 1300. The summed E-state index contributed by atoms with van der Waals surface area (Å²) in [6.45, 7) is 4.18.